The molecule has 0 aliphatic carbocycles. The highest BCUT2D eigenvalue weighted by Gasteiger charge is 2.21. The molecule has 2 atom stereocenters. The van der Waals surface area contributed by atoms with E-state index in [1.54, 1.807) is 7.11 Å². The van der Waals surface area contributed by atoms with E-state index >= 15 is 0 Å². The zero-order valence-corrected chi connectivity index (χ0v) is 14.6. The van der Waals surface area contributed by atoms with Crippen molar-refractivity contribution in [3.63, 3.8) is 0 Å². The molecular weight excluding hydrogens is 286 g/mol. The Balaban J connectivity index is 3.40. The number of benzene rings is 1. The SMILES string of the molecule is CCC(C)c1cc(C(C)(C)C)cc(NCS(=O)O)c1OC. The molecule has 4 nitrogen and oxygen atoms in total. The highest BCUT2D eigenvalue weighted by molar-refractivity contribution is 7.79. The third-order valence-corrected chi connectivity index (χ3v) is 4.11. The van der Waals surface area contributed by atoms with Gasteiger partial charge < -0.3 is 14.6 Å². The van der Waals surface area contributed by atoms with Gasteiger partial charge in [0.05, 0.1) is 12.8 Å². The summed E-state index contributed by atoms with van der Waals surface area (Å²) in [6, 6.07) is 4.20. The summed E-state index contributed by atoms with van der Waals surface area (Å²) in [6.07, 6.45) is 1.01. The van der Waals surface area contributed by atoms with Crippen LogP contribution in [0.4, 0.5) is 5.69 Å². The second-order valence-electron chi connectivity index (χ2n) is 6.35. The van der Waals surface area contributed by atoms with Crippen molar-refractivity contribution >= 4 is 16.8 Å². The number of ether oxygens (including phenoxy) is 1. The minimum atomic E-state index is -1.89. The molecule has 2 unspecified atom stereocenters. The lowest BCUT2D eigenvalue weighted by atomic mass is 9.83. The molecule has 0 heterocycles. The molecule has 0 radical (unpaired) electrons. The summed E-state index contributed by atoms with van der Waals surface area (Å²) in [6.45, 7) is 10.8. The maximum atomic E-state index is 10.9. The second kappa shape index (κ2) is 7.27. The van der Waals surface area contributed by atoms with Crippen LogP contribution in [0.1, 0.15) is 58.1 Å². The average molecular weight is 313 g/mol. The first-order chi connectivity index (χ1) is 9.70. The van der Waals surface area contributed by atoms with E-state index in [0.29, 0.717) is 5.92 Å². The number of methoxy groups -OCH3 is 1. The number of anilines is 1. The number of rotatable bonds is 6. The molecule has 1 aromatic carbocycles. The molecule has 0 aliphatic rings. The summed E-state index contributed by atoms with van der Waals surface area (Å²) < 4.78 is 25.5. The van der Waals surface area contributed by atoms with Crippen LogP contribution in [-0.4, -0.2) is 21.7 Å². The minimum absolute atomic E-state index is 0.00325. The monoisotopic (exact) mass is 313 g/mol. The summed E-state index contributed by atoms with van der Waals surface area (Å²) in [5, 5.41) is 3.02. The van der Waals surface area contributed by atoms with Crippen molar-refractivity contribution in [3.8, 4) is 5.75 Å². The number of hydrogen-bond acceptors (Lipinski definition) is 3. The average Bonchev–Trinajstić information content (AvgIpc) is 2.41. The predicted octanol–water partition coefficient (Wildman–Crippen LogP) is 4.10. The van der Waals surface area contributed by atoms with Gasteiger partial charge in [0.15, 0.2) is 11.1 Å². The molecule has 1 rings (SSSR count). The van der Waals surface area contributed by atoms with Crippen LogP contribution in [0, 0.1) is 0 Å². The van der Waals surface area contributed by atoms with E-state index in [0.717, 1.165) is 23.4 Å². The van der Waals surface area contributed by atoms with Gasteiger partial charge >= 0.3 is 0 Å². The molecule has 0 saturated carbocycles. The van der Waals surface area contributed by atoms with Gasteiger partial charge in [-0.15, -0.1) is 0 Å². The highest BCUT2D eigenvalue weighted by Crippen LogP contribution is 2.39. The summed E-state index contributed by atoms with van der Waals surface area (Å²) >= 11 is -1.89. The quantitative estimate of drug-likeness (QED) is 0.776. The largest absolute Gasteiger partial charge is 0.494 e. The predicted molar refractivity (Wildman–Crippen MR) is 89.7 cm³/mol. The van der Waals surface area contributed by atoms with E-state index in [-0.39, 0.29) is 11.3 Å². The van der Waals surface area contributed by atoms with E-state index in [4.69, 9.17) is 9.29 Å². The van der Waals surface area contributed by atoms with E-state index in [9.17, 15) is 4.21 Å². The Labute approximate surface area is 130 Å². The highest BCUT2D eigenvalue weighted by atomic mass is 32.2. The Morgan fingerprint density at radius 1 is 1.38 bits per heavy atom. The fourth-order valence-electron chi connectivity index (χ4n) is 2.17. The first-order valence-corrected chi connectivity index (χ1v) is 8.52. The van der Waals surface area contributed by atoms with E-state index in [1.165, 1.54) is 5.56 Å². The van der Waals surface area contributed by atoms with Gasteiger partial charge in [0.25, 0.3) is 0 Å². The van der Waals surface area contributed by atoms with Crippen molar-refractivity contribution in [1.82, 2.24) is 0 Å². The lowest BCUT2D eigenvalue weighted by molar-refractivity contribution is 0.407. The number of hydrogen-bond donors (Lipinski definition) is 2. The summed E-state index contributed by atoms with van der Waals surface area (Å²) in [7, 11) is 1.64. The molecule has 0 bridgehead atoms. The summed E-state index contributed by atoms with van der Waals surface area (Å²) in [5.74, 6) is 1.12. The molecule has 0 aliphatic heterocycles. The van der Waals surface area contributed by atoms with Crippen molar-refractivity contribution in [2.75, 3.05) is 18.3 Å². The van der Waals surface area contributed by atoms with Crippen molar-refractivity contribution in [2.24, 2.45) is 0 Å². The molecule has 0 saturated heterocycles. The van der Waals surface area contributed by atoms with Crippen LogP contribution in [0.2, 0.25) is 0 Å². The van der Waals surface area contributed by atoms with Crippen LogP contribution in [0.15, 0.2) is 12.1 Å². The van der Waals surface area contributed by atoms with Gasteiger partial charge in [-0.05, 0) is 34.9 Å². The fourth-order valence-corrected chi connectivity index (χ4v) is 2.45. The van der Waals surface area contributed by atoms with E-state index in [1.807, 2.05) is 6.07 Å². The van der Waals surface area contributed by atoms with Crippen molar-refractivity contribution in [1.29, 1.82) is 0 Å². The number of nitrogens with one attached hydrogen (secondary N) is 1. The Bertz CT molecular complexity index is 509. The topological polar surface area (TPSA) is 58.6 Å². The molecular formula is C16H27NO3S. The Hall–Kier alpha value is -1.07. The lowest BCUT2D eigenvalue weighted by Crippen LogP contribution is -2.15. The van der Waals surface area contributed by atoms with Crippen molar-refractivity contribution < 1.29 is 13.5 Å². The molecule has 0 amide bonds. The first-order valence-electron chi connectivity index (χ1n) is 7.24. The van der Waals surface area contributed by atoms with E-state index < -0.39 is 11.1 Å². The summed E-state index contributed by atoms with van der Waals surface area (Å²) in [4.78, 5) is 0. The van der Waals surface area contributed by atoms with Gasteiger partial charge in [-0.3, -0.25) is 0 Å². The molecule has 2 N–H and O–H groups in total. The third-order valence-electron chi connectivity index (χ3n) is 3.72. The molecule has 21 heavy (non-hydrogen) atoms. The van der Waals surface area contributed by atoms with E-state index in [2.05, 4.69) is 46.0 Å². The maximum absolute atomic E-state index is 10.9. The smallest absolute Gasteiger partial charge is 0.172 e. The lowest BCUT2D eigenvalue weighted by Gasteiger charge is -2.25. The fraction of sp³-hybridized carbons (Fsp3) is 0.625. The third kappa shape index (κ3) is 4.71. The normalized spacial score (nSPS) is 14.6. The molecule has 0 spiro atoms. The molecule has 1 aromatic rings. The minimum Gasteiger partial charge on any atom is -0.494 e. The zero-order valence-electron chi connectivity index (χ0n) is 13.8. The Morgan fingerprint density at radius 3 is 2.43 bits per heavy atom. The molecule has 120 valence electrons. The van der Waals surface area contributed by atoms with Gasteiger partial charge in [-0.2, -0.15) is 0 Å². The van der Waals surface area contributed by atoms with Crippen molar-refractivity contribution in [3.05, 3.63) is 23.3 Å². The Kier molecular flexibility index (Phi) is 6.23. The first kappa shape index (κ1) is 18.0. The summed E-state index contributed by atoms with van der Waals surface area (Å²) in [5.41, 5.74) is 3.11. The van der Waals surface area contributed by atoms with Gasteiger partial charge in [-0.25, -0.2) is 4.21 Å². The van der Waals surface area contributed by atoms with Crippen LogP contribution in [-0.2, 0) is 16.5 Å². The molecule has 0 aromatic heterocycles. The van der Waals surface area contributed by atoms with Gasteiger partial charge in [0, 0.05) is 0 Å². The van der Waals surface area contributed by atoms with Crippen LogP contribution in [0.5, 0.6) is 5.75 Å². The second-order valence-corrected chi connectivity index (χ2v) is 7.28. The maximum Gasteiger partial charge on any atom is 0.172 e. The Morgan fingerprint density at radius 2 is 2.00 bits per heavy atom. The van der Waals surface area contributed by atoms with Crippen LogP contribution in [0.25, 0.3) is 0 Å². The molecule has 0 fully saturated rings. The van der Waals surface area contributed by atoms with Gasteiger partial charge in [0.2, 0.25) is 0 Å². The van der Waals surface area contributed by atoms with Crippen molar-refractivity contribution in [2.45, 2.75) is 52.4 Å². The molecule has 5 heteroatoms. The van der Waals surface area contributed by atoms with Crippen LogP contribution >= 0.6 is 0 Å². The van der Waals surface area contributed by atoms with Crippen LogP contribution < -0.4 is 10.1 Å². The van der Waals surface area contributed by atoms with Crippen LogP contribution in [0.3, 0.4) is 0 Å². The zero-order chi connectivity index (χ0) is 16.2. The standard InChI is InChI=1S/C16H27NO3S/c1-7-11(2)13-8-12(16(3,4)5)9-14(15(13)20-6)17-10-21(18)19/h8-9,11,17H,7,10H2,1-6H3,(H,18,19). The van der Waals surface area contributed by atoms with Gasteiger partial charge in [0.1, 0.15) is 11.6 Å². The van der Waals surface area contributed by atoms with Gasteiger partial charge in [-0.1, -0.05) is 40.7 Å².